The van der Waals surface area contributed by atoms with Crippen molar-refractivity contribution in [1.29, 1.82) is 0 Å². The van der Waals surface area contributed by atoms with E-state index in [1.807, 2.05) is 18.2 Å². The molecule has 1 aromatic heterocycles. The van der Waals surface area contributed by atoms with Crippen LogP contribution in [0, 0.1) is 11.8 Å². The smallest absolute Gasteiger partial charge is 0.352 e. The molecule has 3 heteroatoms. The Bertz CT molecular complexity index is 922. The highest BCUT2D eigenvalue weighted by atomic mass is 16.4. The summed E-state index contributed by atoms with van der Waals surface area (Å²) in [6.45, 7) is 0. The first-order valence-electron chi connectivity index (χ1n) is 6.36. The summed E-state index contributed by atoms with van der Waals surface area (Å²) in [6, 6.07) is 15.8. The van der Waals surface area contributed by atoms with Crippen molar-refractivity contribution in [3.8, 4) is 11.8 Å². The second kappa shape index (κ2) is 5.48. The lowest BCUT2D eigenvalue weighted by Crippen LogP contribution is -2.03. The van der Waals surface area contributed by atoms with Gasteiger partial charge in [-0.3, -0.25) is 4.79 Å². The maximum atomic E-state index is 11.8. The van der Waals surface area contributed by atoms with E-state index in [1.54, 1.807) is 36.4 Å². The van der Waals surface area contributed by atoms with Crippen molar-refractivity contribution in [1.82, 2.24) is 0 Å². The molecule has 3 rings (SSSR count). The third kappa shape index (κ3) is 2.75. The van der Waals surface area contributed by atoms with Crippen LogP contribution < -0.4 is 5.63 Å². The number of para-hydroxylation sites is 1. The molecule has 1 heterocycles. The van der Waals surface area contributed by atoms with Gasteiger partial charge in [0, 0.05) is 16.5 Å². The molecule has 0 bridgehead atoms. The van der Waals surface area contributed by atoms with Gasteiger partial charge in [-0.15, -0.1) is 0 Å². The van der Waals surface area contributed by atoms with Crippen LogP contribution in [0.4, 0.5) is 0 Å². The topological polar surface area (TPSA) is 47.3 Å². The predicted octanol–water partition coefficient (Wildman–Crippen LogP) is 3.01. The standard InChI is InChI=1S/C18H10O3/c19-12-14-7-5-13(6-8-14)9-10-16-11-15-3-1-2-4-17(15)21-18(16)20/h1-8,11-12H. The van der Waals surface area contributed by atoms with Crippen LogP contribution in [0.25, 0.3) is 11.0 Å². The summed E-state index contributed by atoms with van der Waals surface area (Å²) in [7, 11) is 0. The molecule has 100 valence electrons. The molecule has 0 N–H and O–H groups in total. The molecular weight excluding hydrogens is 264 g/mol. The predicted molar refractivity (Wildman–Crippen MR) is 80.3 cm³/mol. The van der Waals surface area contributed by atoms with E-state index in [2.05, 4.69) is 11.8 Å². The van der Waals surface area contributed by atoms with Crippen LogP contribution >= 0.6 is 0 Å². The molecule has 0 aliphatic heterocycles. The van der Waals surface area contributed by atoms with E-state index in [1.165, 1.54) is 0 Å². The van der Waals surface area contributed by atoms with Gasteiger partial charge in [0.2, 0.25) is 0 Å². The first-order valence-corrected chi connectivity index (χ1v) is 6.36. The highest BCUT2D eigenvalue weighted by Crippen LogP contribution is 2.12. The zero-order valence-electron chi connectivity index (χ0n) is 11.0. The molecule has 0 aliphatic rings. The highest BCUT2D eigenvalue weighted by Gasteiger charge is 2.01. The van der Waals surface area contributed by atoms with Crippen molar-refractivity contribution < 1.29 is 9.21 Å². The van der Waals surface area contributed by atoms with Gasteiger partial charge in [-0.2, -0.15) is 0 Å². The first kappa shape index (κ1) is 12.9. The number of rotatable bonds is 1. The maximum absolute atomic E-state index is 11.8. The van der Waals surface area contributed by atoms with Crippen LogP contribution in [-0.4, -0.2) is 6.29 Å². The lowest BCUT2D eigenvalue weighted by molar-refractivity contribution is 0.112. The monoisotopic (exact) mass is 274 g/mol. The van der Waals surface area contributed by atoms with Crippen molar-refractivity contribution in [3.63, 3.8) is 0 Å². The van der Waals surface area contributed by atoms with Crippen molar-refractivity contribution in [2.75, 3.05) is 0 Å². The van der Waals surface area contributed by atoms with Gasteiger partial charge in [0.05, 0.1) is 0 Å². The van der Waals surface area contributed by atoms with Gasteiger partial charge in [-0.05, 0) is 24.3 Å². The SMILES string of the molecule is O=Cc1ccc(C#Cc2cc3ccccc3oc2=O)cc1. The van der Waals surface area contributed by atoms with Gasteiger partial charge in [-0.1, -0.05) is 42.2 Å². The Labute approximate surface area is 120 Å². The average Bonchev–Trinajstić information content (AvgIpc) is 2.53. The number of fused-ring (bicyclic) bond motifs is 1. The molecule has 0 aliphatic carbocycles. The molecule has 2 aromatic carbocycles. The van der Waals surface area contributed by atoms with E-state index in [0.29, 0.717) is 16.7 Å². The van der Waals surface area contributed by atoms with Crippen molar-refractivity contribution in [2.24, 2.45) is 0 Å². The number of hydrogen-bond donors (Lipinski definition) is 0. The number of hydrogen-bond acceptors (Lipinski definition) is 3. The van der Waals surface area contributed by atoms with E-state index in [-0.39, 0.29) is 0 Å². The summed E-state index contributed by atoms with van der Waals surface area (Å²) in [5.74, 6) is 5.71. The fraction of sp³-hybridized carbons (Fsp3) is 0. The van der Waals surface area contributed by atoms with Crippen LogP contribution in [-0.2, 0) is 0 Å². The van der Waals surface area contributed by atoms with Crippen molar-refractivity contribution >= 4 is 17.3 Å². The average molecular weight is 274 g/mol. The molecule has 3 aromatic rings. The van der Waals surface area contributed by atoms with Gasteiger partial charge >= 0.3 is 5.63 Å². The third-order valence-electron chi connectivity index (χ3n) is 3.03. The molecule has 0 fully saturated rings. The summed E-state index contributed by atoms with van der Waals surface area (Å²) >= 11 is 0. The molecule has 0 saturated carbocycles. The van der Waals surface area contributed by atoms with Gasteiger partial charge in [0.25, 0.3) is 0 Å². The lowest BCUT2D eigenvalue weighted by Gasteiger charge is -1.96. The number of aldehydes is 1. The van der Waals surface area contributed by atoms with E-state index in [9.17, 15) is 9.59 Å². The van der Waals surface area contributed by atoms with Crippen LogP contribution in [0.15, 0.2) is 63.8 Å². The number of benzene rings is 2. The second-order valence-electron chi connectivity index (χ2n) is 4.48. The minimum absolute atomic E-state index is 0.313. The maximum Gasteiger partial charge on any atom is 0.352 e. The van der Waals surface area contributed by atoms with E-state index in [0.717, 1.165) is 17.2 Å². The quantitative estimate of drug-likeness (QED) is 0.389. The Morgan fingerprint density at radius 1 is 0.952 bits per heavy atom. The summed E-state index contributed by atoms with van der Waals surface area (Å²) in [5, 5.41) is 0.831. The fourth-order valence-electron chi connectivity index (χ4n) is 1.93. The Balaban J connectivity index is 2.01. The molecule has 0 spiro atoms. The van der Waals surface area contributed by atoms with Crippen LogP contribution in [0.3, 0.4) is 0 Å². The Hall–Kier alpha value is -3.12. The zero-order valence-corrected chi connectivity index (χ0v) is 11.0. The summed E-state index contributed by atoms with van der Waals surface area (Å²) in [6.07, 6.45) is 0.773. The van der Waals surface area contributed by atoms with Gasteiger partial charge in [0.1, 0.15) is 17.4 Å². The van der Waals surface area contributed by atoms with E-state index in [4.69, 9.17) is 4.42 Å². The molecule has 3 nitrogen and oxygen atoms in total. The molecule has 0 radical (unpaired) electrons. The summed E-state index contributed by atoms with van der Waals surface area (Å²) in [5.41, 5.74) is 1.72. The van der Waals surface area contributed by atoms with Crippen LogP contribution in [0.1, 0.15) is 21.5 Å². The minimum atomic E-state index is -0.453. The van der Waals surface area contributed by atoms with E-state index >= 15 is 0 Å². The Kier molecular flexibility index (Phi) is 3.36. The molecule has 0 saturated heterocycles. The lowest BCUT2D eigenvalue weighted by atomic mass is 10.1. The Morgan fingerprint density at radius 3 is 2.48 bits per heavy atom. The van der Waals surface area contributed by atoms with Crippen molar-refractivity contribution in [3.05, 3.63) is 81.7 Å². The third-order valence-corrected chi connectivity index (χ3v) is 3.03. The van der Waals surface area contributed by atoms with Crippen LogP contribution in [0.2, 0.25) is 0 Å². The number of carbonyl (C=O) groups excluding carboxylic acids is 1. The largest absolute Gasteiger partial charge is 0.422 e. The zero-order chi connectivity index (χ0) is 14.7. The fourth-order valence-corrected chi connectivity index (χ4v) is 1.93. The van der Waals surface area contributed by atoms with Crippen LogP contribution in [0.5, 0.6) is 0 Å². The van der Waals surface area contributed by atoms with Gasteiger partial charge in [0.15, 0.2) is 0 Å². The summed E-state index contributed by atoms with van der Waals surface area (Å²) < 4.78 is 5.21. The van der Waals surface area contributed by atoms with Crippen molar-refractivity contribution in [2.45, 2.75) is 0 Å². The molecule has 21 heavy (non-hydrogen) atoms. The highest BCUT2D eigenvalue weighted by molar-refractivity contribution is 5.77. The minimum Gasteiger partial charge on any atom is -0.422 e. The van der Waals surface area contributed by atoms with Gasteiger partial charge in [-0.25, -0.2) is 4.79 Å². The Morgan fingerprint density at radius 2 is 1.71 bits per heavy atom. The molecule has 0 atom stereocenters. The second-order valence-corrected chi connectivity index (χ2v) is 4.48. The first-order chi connectivity index (χ1) is 10.3. The molecule has 0 unspecified atom stereocenters. The van der Waals surface area contributed by atoms with Gasteiger partial charge < -0.3 is 4.42 Å². The normalized spacial score (nSPS) is 9.90. The molecular formula is C18H10O3. The summed E-state index contributed by atoms with van der Waals surface area (Å²) in [4.78, 5) is 22.4. The van der Waals surface area contributed by atoms with E-state index < -0.39 is 5.63 Å². The molecule has 0 amide bonds. The number of carbonyl (C=O) groups is 1.